The number of nitrogens with one attached hydrogen (secondary N) is 2. The van der Waals surface area contributed by atoms with E-state index in [1.54, 1.807) is 6.20 Å². The lowest BCUT2D eigenvalue weighted by molar-refractivity contribution is -0.141. The fourth-order valence-corrected chi connectivity index (χ4v) is 3.52. The number of hydrogen-bond donors (Lipinski definition) is 4. The highest BCUT2D eigenvalue weighted by Gasteiger charge is 2.30. The smallest absolute Gasteiger partial charge is 0.306 e. The molecule has 0 radical (unpaired) electrons. The summed E-state index contributed by atoms with van der Waals surface area (Å²) in [5.41, 5.74) is 9.22. The van der Waals surface area contributed by atoms with E-state index in [4.69, 9.17) is 10.8 Å². The number of anilines is 4. The maximum Gasteiger partial charge on any atom is 0.306 e. The molecule has 8 heteroatoms. The Labute approximate surface area is 162 Å². The summed E-state index contributed by atoms with van der Waals surface area (Å²) >= 11 is 0. The van der Waals surface area contributed by atoms with E-state index in [0.29, 0.717) is 30.3 Å². The second kappa shape index (κ2) is 7.30. The van der Waals surface area contributed by atoms with Crippen molar-refractivity contribution in [3.8, 4) is 0 Å². The Hall–Kier alpha value is -3.42. The Balaban J connectivity index is 1.51. The van der Waals surface area contributed by atoms with Crippen LogP contribution in [0.25, 0.3) is 10.9 Å². The molecule has 0 bridgehead atoms. The first-order valence-electron chi connectivity index (χ1n) is 9.24. The molecule has 3 aromatic rings. The molecule has 1 unspecified atom stereocenters. The highest BCUT2D eigenvalue weighted by molar-refractivity contribution is 5.84. The summed E-state index contributed by atoms with van der Waals surface area (Å²) in [6.07, 6.45) is 3.57. The molecule has 5 N–H and O–H groups in total. The number of aryl methyl sites for hydroxylation is 1. The number of benzene rings is 1. The van der Waals surface area contributed by atoms with Gasteiger partial charge >= 0.3 is 5.97 Å². The van der Waals surface area contributed by atoms with Crippen LogP contribution in [0.4, 0.5) is 23.1 Å². The average molecular weight is 378 g/mol. The summed E-state index contributed by atoms with van der Waals surface area (Å²) in [4.78, 5) is 24.3. The Morgan fingerprint density at radius 2 is 2.07 bits per heavy atom. The van der Waals surface area contributed by atoms with Gasteiger partial charge in [-0.25, -0.2) is 4.98 Å². The van der Waals surface area contributed by atoms with E-state index in [0.717, 1.165) is 28.7 Å². The lowest BCUT2D eigenvalue weighted by Gasteiger charge is -2.14. The van der Waals surface area contributed by atoms with Crippen molar-refractivity contribution in [2.45, 2.75) is 32.2 Å². The van der Waals surface area contributed by atoms with E-state index in [2.05, 4.69) is 25.6 Å². The Kier molecular flexibility index (Phi) is 4.68. The molecule has 28 heavy (non-hydrogen) atoms. The van der Waals surface area contributed by atoms with Crippen molar-refractivity contribution in [1.82, 2.24) is 15.0 Å². The van der Waals surface area contributed by atoms with Crippen molar-refractivity contribution < 1.29 is 9.90 Å². The van der Waals surface area contributed by atoms with Crippen LogP contribution in [0.3, 0.4) is 0 Å². The summed E-state index contributed by atoms with van der Waals surface area (Å²) < 4.78 is 0. The molecular weight excluding hydrogens is 356 g/mol. The zero-order valence-electron chi connectivity index (χ0n) is 15.5. The van der Waals surface area contributed by atoms with Crippen LogP contribution >= 0.6 is 0 Å². The predicted molar refractivity (Wildman–Crippen MR) is 109 cm³/mol. The summed E-state index contributed by atoms with van der Waals surface area (Å²) in [6.45, 7) is 1.96. The number of aromatic nitrogens is 3. The van der Waals surface area contributed by atoms with Crippen molar-refractivity contribution in [3.05, 3.63) is 42.2 Å². The van der Waals surface area contributed by atoms with Crippen molar-refractivity contribution in [1.29, 1.82) is 0 Å². The fourth-order valence-electron chi connectivity index (χ4n) is 3.52. The highest BCUT2D eigenvalue weighted by Crippen LogP contribution is 2.29. The average Bonchev–Trinajstić information content (AvgIpc) is 3.13. The van der Waals surface area contributed by atoms with Crippen LogP contribution in [0.2, 0.25) is 0 Å². The van der Waals surface area contributed by atoms with Gasteiger partial charge < -0.3 is 21.5 Å². The summed E-state index contributed by atoms with van der Waals surface area (Å²) in [6, 6.07) is 9.92. The van der Waals surface area contributed by atoms with Gasteiger partial charge in [0, 0.05) is 22.8 Å². The monoisotopic (exact) mass is 378 g/mol. The molecule has 1 aromatic carbocycles. The van der Waals surface area contributed by atoms with E-state index < -0.39 is 5.97 Å². The van der Waals surface area contributed by atoms with Gasteiger partial charge in [-0.15, -0.1) is 0 Å². The van der Waals surface area contributed by atoms with Crippen LogP contribution in [0.5, 0.6) is 0 Å². The van der Waals surface area contributed by atoms with E-state index >= 15 is 0 Å². The fraction of sp³-hybridized carbons (Fsp3) is 0.300. The van der Waals surface area contributed by atoms with E-state index in [-0.39, 0.29) is 12.0 Å². The third-order valence-corrected chi connectivity index (χ3v) is 5.02. The molecule has 2 atom stereocenters. The zero-order valence-corrected chi connectivity index (χ0v) is 15.5. The molecule has 0 aliphatic heterocycles. The van der Waals surface area contributed by atoms with Gasteiger partial charge in [0.05, 0.1) is 23.3 Å². The van der Waals surface area contributed by atoms with Gasteiger partial charge in [0.1, 0.15) is 0 Å². The van der Waals surface area contributed by atoms with Crippen LogP contribution in [-0.2, 0) is 4.79 Å². The number of hydrogen-bond acceptors (Lipinski definition) is 7. The summed E-state index contributed by atoms with van der Waals surface area (Å²) in [5.74, 6) is -0.111. The number of nitrogen functional groups attached to an aromatic ring is 1. The molecule has 0 saturated heterocycles. The maximum atomic E-state index is 11.1. The molecule has 144 valence electrons. The van der Waals surface area contributed by atoms with Crippen molar-refractivity contribution in [2.24, 2.45) is 5.92 Å². The third kappa shape index (κ3) is 3.80. The minimum absolute atomic E-state index is 0.0487. The van der Waals surface area contributed by atoms with Gasteiger partial charge in [-0.3, -0.25) is 9.78 Å². The maximum absolute atomic E-state index is 11.1. The number of pyridine rings is 1. The first-order valence-corrected chi connectivity index (χ1v) is 9.24. The van der Waals surface area contributed by atoms with Gasteiger partial charge in [-0.2, -0.15) is 4.98 Å². The topological polar surface area (TPSA) is 126 Å². The van der Waals surface area contributed by atoms with Gasteiger partial charge in [0.2, 0.25) is 5.95 Å². The highest BCUT2D eigenvalue weighted by atomic mass is 16.4. The number of fused-ring (bicyclic) bond motifs is 1. The molecule has 1 aliphatic carbocycles. The summed E-state index contributed by atoms with van der Waals surface area (Å²) in [7, 11) is 0. The SMILES string of the molecule is Cc1ccc2cc(Nc3nc(NC4CC[C@@H](C(=O)O)C4)ncc3N)ccc2n1. The largest absolute Gasteiger partial charge is 0.481 e. The van der Waals surface area contributed by atoms with Gasteiger partial charge in [0.15, 0.2) is 5.82 Å². The van der Waals surface area contributed by atoms with Crippen LogP contribution in [0.15, 0.2) is 36.5 Å². The quantitative estimate of drug-likeness (QED) is 0.533. The second-order valence-corrected chi connectivity index (χ2v) is 7.17. The van der Waals surface area contributed by atoms with E-state index in [1.165, 1.54) is 0 Å². The zero-order chi connectivity index (χ0) is 19.7. The Morgan fingerprint density at radius 3 is 2.86 bits per heavy atom. The van der Waals surface area contributed by atoms with Crippen LogP contribution < -0.4 is 16.4 Å². The molecule has 8 nitrogen and oxygen atoms in total. The number of nitrogens with two attached hydrogens (primary N) is 1. The van der Waals surface area contributed by atoms with Crippen molar-refractivity contribution in [2.75, 3.05) is 16.4 Å². The van der Waals surface area contributed by atoms with Crippen molar-refractivity contribution >= 4 is 40.0 Å². The first-order chi connectivity index (χ1) is 13.5. The molecule has 2 heterocycles. The number of carboxylic acids is 1. The molecule has 0 amide bonds. The lowest BCUT2D eigenvalue weighted by Crippen LogP contribution is -2.19. The number of rotatable bonds is 5. The van der Waals surface area contributed by atoms with Crippen LogP contribution in [-0.4, -0.2) is 32.1 Å². The minimum Gasteiger partial charge on any atom is -0.481 e. The molecule has 0 spiro atoms. The number of nitrogens with zero attached hydrogens (tertiary/aromatic N) is 3. The van der Waals surface area contributed by atoms with Gasteiger partial charge in [-0.05, 0) is 50.5 Å². The van der Waals surface area contributed by atoms with Gasteiger partial charge in [0.25, 0.3) is 0 Å². The lowest BCUT2D eigenvalue weighted by atomic mass is 10.1. The standard InChI is InChI=1S/C20H22N6O2/c1-11-2-3-12-8-14(6-7-17(12)23-11)24-18-16(21)10-22-20(26-18)25-15-5-4-13(9-15)19(27)28/h2-3,6-8,10,13,15H,4-5,9,21H2,1H3,(H,27,28)(H2,22,24,25,26)/t13-,15?/m1/s1. The van der Waals surface area contributed by atoms with Crippen molar-refractivity contribution in [3.63, 3.8) is 0 Å². The minimum atomic E-state index is -0.745. The van der Waals surface area contributed by atoms with Crippen LogP contribution in [0.1, 0.15) is 25.0 Å². The molecule has 1 aliphatic rings. The first kappa shape index (κ1) is 18.0. The predicted octanol–water partition coefficient (Wildman–Crippen LogP) is 3.32. The van der Waals surface area contributed by atoms with E-state index in [1.807, 2.05) is 37.3 Å². The second-order valence-electron chi connectivity index (χ2n) is 7.17. The molecule has 1 fully saturated rings. The summed E-state index contributed by atoms with van der Waals surface area (Å²) in [5, 5.41) is 16.6. The Morgan fingerprint density at radius 1 is 1.21 bits per heavy atom. The molecule has 2 aromatic heterocycles. The van der Waals surface area contributed by atoms with Crippen LogP contribution in [0, 0.1) is 12.8 Å². The molecule has 1 saturated carbocycles. The molecular formula is C20H22N6O2. The molecule has 4 rings (SSSR count). The number of carboxylic acid groups (broad SMARTS) is 1. The third-order valence-electron chi connectivity index (χ3n) is 5.02. The normalized spacial score (nSPS) is 18.9. The number of aliphatic carboxylic acids is 1. The Bertz CT molecular complexity index is 1040. The number of carbonyl (C=O) groups is 1. The van der Waals surface area contributed by atoms with E-state index in [9.17, 15) is 4.79 Å². The van der Waals surface area contributed by atoms with Gasteiger partial charge in [-0.1, -0.05) is 6.07 Å².